The lowest BCUT2D eigenvalue weighted by Crippen LogP contribution is -2.22. The molecular formula is C17H14N4O2. The quantitative estimate of drug-likeness (QED) is 0.827. The van der Waals surface area contributed by atoms with Gasteiger partial charge >= 0.3 is 0 Å². The first-order chi connectivity index (χ1) is 11.1. The van der Waals surface area contributed by atoms with Crippen molar-refractivity contribution >= 4 is 11.6 Å². The van der Waals surface area contributed by atoms with Crippen LogP contribution in [0.5, 0.6) is 0 Å². The fourth-order valence-electron chi connectivity index (χ4n) is 1.89. The maximum absolute atomic E-state index is 12.1. The zero-order chi connectivity index (χ0) is 16.7. The molecule has 0 aliphatic rings. The van der Waals surface area contributed by atoms with Crippen LogP contribution in [0.25, 0.3) is 0 Å². The molecule has 1 aromatic heterocycles. The molecule has 0 atom stereocenters. The number of benzene rings is 1. The summed E-state index contributed by atoms with van der Waals surface area (Å²) in [5, 5.41) is 23.0. The highest BCUT2D eigenvalue weighted by atomic mass is 16.3. The summed E-state index contributed by atoms with van der Waals surface area (Å²) in [7, 11) is 0. The number of allylic oxidation sites excluding steroid dienone is 1. The molecule has 1 aromatic carbocycles. The summed E-state index contributed by atoms with van der Waals surface area (Å²) in [4.78, 5) is 12.1. The molecule has 0 aliphatic heterocycles. The third kappa shape index (κ3) is 4.23. The molecule has 2 aromatic rings. The number of nitriles is 2. The van der Waals surface area contributed by atoms with E-state index < -0.39 is 0 Å². The largest absolute Gasteiger partial charge is 0.467 e. The van der Waals surface area contributed by atoms with E-state index in [9.17, 15) is 4.79 Å². The minimum Gasteiger partial charge on any atom is -0.467 e. The molecule has 0 unspecified atom stereocenters. The van der Waals surface area contributed by atoms with Crippen LogP contribution in [0.2, 0.25) is 0 Å². The summed E-state index contributed by atoms with van der Waals surface area (Å²) in [6.07, 6.45) is 2.88. The fraction of sp³-hybridized carbons (Fsp3) is 0.118. The van der Waals surface area contributed by atoms with Crippen molar-refractivity contribution in [1.82, 2.24) is 5.32 Å². The van der Waals surface area contributed by atoms with Crippen LogP contribution < -0.4 is 10.6 Å². The van der Waals surface area contributed by atoms with Crippen LogP contribution >= 0.6 is 0 Å². The van der Waals surface area contributed by atoms with Gasteiger partial charge in [0.15, 0.2) is 0 Å². The van der Waals surface area contributed by atoms with Crippen LogP contribution in [0.3, 0.4) is 0 Å². The molecule has 0 spiro atoms. The van der Waals surface area contributed by atoms with Gasteiger partial charge in [0.25, 0.3) is 5.91 Å². The number of aryl methyl sites for hydroxylation is 1. The molecule has 0 saturated heterocycles. The van der Waals surface area contributed by atoms with Crippen molar-refractivity contribution in [2.45, 2.75) is 13.5 Å². The van der Waals surface area contributed by atoms with Crippen LogP contribution in [0.4, 0.5) is 5.69 Å². The molecule has 1 heterocycles. The van der Waals surface area contributed by atoms with Crippen LogP contribution in [0.1, 0.15) is 21.7 Å². The summed E-state index contributed by atoms with van der Waals surface area (Å²) in [6, 6.07) is 12.2. The Morgan fingerprint density at radius 1 is 1.30 bits per heavy atom. The molecule has 6 heteroatoms. The molecular weight excluding hydrogens is 292 g/mol. The van der Waals surface area contributed by atoms with E-state index in [1.165, 1.54) is 6.20 Å². The molecule has 6 nitrogen and oxygen atoms in total. The normalized spacial score (nSPS) is 9.35. The Hall–Kier alpha value is -3.51. The molecule has 0 radical (unpaired) electrons. The second kappa shape index (κ2) is 7.48. The third-order valence-corrected chi connectivity index (χ3v) is 3.10. The monoisotopic (exact) mass is 306 g/mol. The SMILES string of the molecule is Cc1cc(C(=O)NCc2ccco2)ccc1NC=C(C#N)C#N. The van der Waals surface area contributed by atoms with Crippen molar-refractivity contribution in [2.75, 3.05) is 5.32 Å². The van der Waals surface area contributed by atoms with Crippen molar-refractivity contribution in [1.29, 1.82) is 10.5 Å². The van der Waals surface area contributed by atoms with Crippen LogP contribution in [-0.2, 0) is 6.54 Å². The summed E-state index contributed by atoms with van der Waals surface area (Å²) < 4.78 is 5.15. The molecule has 23 heavy (non-hydrogen) atoms. The lowest BCUT2D eigenvalue weighted by Gasteiger charge is -2.08. The predicted molar refractivity (Wildman–Crippen MR) is 84.0 cm³/mol. The number of nitrogens with one attached hydrogen (secondary N) is 2. The van der Waals surface area contributed by atoms with Gasteiger partial charge in [0.05, 0.1) is 12.8 Å². The Kier molecular flexibility index (Phi) is 5.16. The Morgan fingerprint density at radius 3 is 2.70 bits per heavy atom. The highest BCUT2D eigenvalue weighted by molar-refractivity contribution is 5.94. The van der Waals surface area contributed by atoms with Gasteiger partial charge in [-0.3, -0.25) is 4.79 Å². The van der Waals surface area contributed by atoms with Gasteiger partial charge in [-0.1, -0.05) is 0 Å². The number of hydrogen-bond acceptors (Lipinski definition) is 5. The minimum atomic E-state index is -0.207. The number of hydrogen-bond donors (Lipinski definition) is 2. The van der Waals surface area contributed by atoms with Gasteiger partial charge in [-0.2, -0.15) is 10.5 Å². The first-order valence-electron chi connectivity index (χ1n) is 6.82. The molecule has 0 aliphatic carbocycles. The molecule has 0 fully saturated rings. The van der Waals surface area contributed by atoms with Gasteiger partial charge in [-0.25, -0.2) is 0 Å². The molecule has 2 rings (SSSR count). The highest BCUT2D eigenvalue weighted by Gasteiger charge is 2.08. The van der Waals surface area contributed by atoms with E-state index in [1.807, 2.05) is 6.92 Å². The molecule has 0 saturated carbocycles. The van der Waals surface area contributed by atoms with Gasteiger partial charge in [0, 0.05) is 17.5 Å². The van der Waals surface area contributed by atoms with Crippen LogP contribution in [-0.4, -0.2) is 5.91 Å². The number of carbonyl (C=O) groups excluding carboxylic acids is 1. The number of amides is 1. The van der Waals surface area contributed by atoms with Crippen molar-refractivity contribution in [3.8, 4) is 12.1 Å². The number of carbonyl (C=O) groups is 1. The number of furan rings is 1. The average molecular weight is 306 g/mol. The van der Waals surface area contributed by atoms with Gasteiger partial charge < -0.3 is 15.1 Å². The van der Waals surface area contributed by atoms with Gasteiger partial charge in [-0.15, -0.1) is 0 Å². The van der Waals surface area contributed by atoms with Crippen molar-refractivity contribution in [3.05, 3.63) is 65.3 Å². The maximum atomic E-state index is 12.1. The van der Waals surface area contributed by atoms with Crippen LogP contribution in [0, 0.1) is 29.6 Å². The van der Waals surface area contributed by atoms with E-state index >= 15 is 0 Å². The Labute approximate surface area is 133 Å². The molecule has 0 bridgehead atoms. The topological polar surface area (TPSA) is 102 Å². The number of nitrogens with zero attached hydrogens (tertiary/aromatic N) is 2. The Balaban J connectivity index is 2.04. The third-order valence-electron chi connectivity index (χ3n) is 3.10. The fourth-order valence-corrected chi connectivity index (χ4v) is 1.89. The van der Waals surface area contributed by atoms with E-state index in [4.69, 9.17) is 14.9 Å². The van der Waals surface area contributed by atoms with Crippen molar-refractivity contribution in [2.24, 2.45) is 0 Å². The summed E-state index contributed by atoms with van der Waals surface area (Å²) in [5.74, 6) is 0.473. The molecule has 2 N–H and O–H groups in total. The summed E-state index contributed by atoms with van der Waals surface area (Å²) in [5.41, 5.74) is 2.03. The van der Waals surface area contributed by atoms with E-state index in [-0.39, 0.29) is 11.5 Å². The van der Waals surface area contributed by atoms with Crippen LogP contribution in [0.15, 0.2) is 52.8 Å². The van der Waals surface area contributed by atoms with Gasteiger partial charge in [0.2, 0.25) is 0 Å². The summed E-state index contributed by atoms with van der Waals surface area (Å²) in [6.45, 7) is 2.15. The number of anilines is 1. The summed E-state index contributed by atoms with van der Waals surface area (Å²) >= 11 is 0. The van der Waals surface area contributed by atoms with E-state index in [2.05, 4.69) is 10.6 Å². The van der Waals surface area contributed by atoms with Gasteiger partial charge in [-0.05, 0) is 42.8 Å². The van der Waals surface area contributed by atoms with E-state index in [0.717, 1.165) is 11.3 Å². The standard InChI is InChI=1S/C17H14N4O2/c1-12-7-14(17(22)21-11-15-3-2-6-23-15)4-5-16(12)20-10-13(8-18)9-19/h2-7,10,20H,11H2,1H3,(H,21,22). The average Bonchev–Trinajstić information content (AvgIpc) is 3.08. The van der Waals surface area contributed by atoms with Gasteiger partial charge in [0.1, 0.15) is 23.5 Å². The van der Waals surface area contributed by atoms with E-state index in [1.54, 1.807) is 48.7 Å². The Bertz CT molecular complexity index is 792. The van der Waals surface area contributed by atoms with Crippen molar-refractivity contribution in [3.63, 3.8) is 0 Å². The Morgan fingerprint density at radius 2 is 2.09 bits per heavy atom. The zero-order valence-electron chi connectivity index (χ0n) is 12.5. The smallest absolute Gasteiger partial charge is 0.251 e. The first kappa shape index (κ1) is 15.9. The molecule has 114 valence electrons. The molecule has 1 amide bonds. The first-order valence-corrected chi connectivity index (χ1v) is 6.82. The van der Waals surface area contributed by atoms with Crippen molar-refractivity contribution < 1.29 is 9.21 Å². The highest BCUT2D eigenvalue weighted by Crippen LogP contribution is 2.17. The second-order valence-corrected chi connectivity index (χ2v) is 4.72. The second-order valence-electron chi connectivity index (χ2n) is 4.72. The maximum Gasteiger partial charge on any atom is 0.251 e. The number of rotatable bonds is 5. The predicted octanol–water partition coefficient (Wildman–Crippen LogP) is 2.86. The lowest BCUT2D eigenvalue weighted by molar-refractivity contribution is 0.0948. The minimum absolute atomic E-state index is 0.0235. The zero-order valence-corrected chi connectivity index (χ0v) is 12.5. The lowest BCUT2D eigenvalue weighted by atomic mass is 10.1. The van der Waals surface area contributed by atoms with E-state index in [0.29, 0.717) is 17.9 Å².